The molecule has 2 aromatic carbocycles. The number of hydrogen-bond donors (Lipinski definition) is 1. The molecule has 0 bridgehead atoms. The van der Waals surface area contributed by atoms with Gasteiger partial charge in [-0.2, -0.15) is 0 Å². The fraction of sp³-hybridized carbons (Fsp3) is 0.385. The number of aromatic nitrogens is 1. The molecule has 1 aliphatic rings. The molecular weight excluding hydrogens is 436 g/mol. The standard InChI is InChI=1S/C26H31ClN4O2/c1-2-8-23-29-24(20-9-4-3-5-10-20)25(33-23)26(32)28-13-7-14-30-15-17-31(18-16-30)22-12-6-11-21(27)19-22/h3-6,9-12,19H,2,7-8,13-18H2,1H3,(H,28,32). The Kier molecular flexibility index (Phi) is 8.02. The van der Waals surface area contributed by atoms with Crippen molar-refractivity contribution in [1.82, 2.24) is 15.2 Å². The van der Waals surface area contributed by atoms with Gasteiger partial charge in [-0.3, -0.25) is 9.69 Å². The van der Waals surface area contributed by atoms with Gasteiger partial charge in [0.25, 0.3) is 5.91 Å². The Morgan fingerprint density at radius 3 is 2.61 bits per heavy atom. The molecule has 0 radical (unpaired) electrons. The molecule has 1 amide bonds. The first kappa shape index (κ1) is 23.3. The van der Waals surface area contributed by atoms with E-state index < -0.39 is 0 Å². The molecule has 0 saturated carbocycles. The molecule has 0 unspecified atom stereocenters. The summed E-state index contributed by atoms with van der Waals surface area (Å²) in [5.74, 6) is 0.716. The fourth-order valence-electron chi connectivity index (χ4n) is 4.12. The second kappa shape index (κ2) is 11.3. The summed E-state index contributed by atoms with van der Waals surface area (Å²) >= 11 is 6.13. The highest BCUT2D eigenvalue weighted by Crippen LogP contribution is 2.25. The molecule has 1 aromatic heterocycles. The van der Waals surface area contributed by atoms with Gasteiger partial charge in [-0.1, -0.05) is 54.9 Å². The second-order valence-corrected chi connectivity index (χ2v) is 8.76. The van der Waals surface area contributed by atoms with Crippen molar-refractivity contribution in [3.05, 3.63) is 71.3 Å². The van der Waals surface area contributed by atoms with Gasteiger partial charge in [0.05, 0.1) is 0 Å². The summed E-state index contributed by atoms with van der Waals surface area (Å²) < 4.78 is 5.83. The van der Waals surface area contributed by atoms with Crippen molar-refractivity contribution in [3.8, 4) is 11.3 Å². The van der Waals surface area contributed by atoms with E-state index >= 15 is 0 Å². The van der Waals surface area contributed by atoms with Crippen LogP contribution < -0.4 is 10.2 Å². The third-order valence-electron chi connectivity index (χ3n) is 5.87. The quantitative estimate of drug-likeness (QED) is 0.455. The number of oxazole rings is 1. The summed E-state index contributed by atoms with van der Waals surface area (Å²) in [5, 5.41) is 3.79. The van der Waals surface area contributed by atoms with Crippen LogP contribution >= 0.6 is 11.6 Å². The Hall–Kier alpha value is -2.83. The van der Waals surface area contributed by atoms with Crippen molar-refractivity contribution in [2.75, 3.05) is 44.2 Å². The van der Waals surface area contributed by atoms with E-state index in [4.69, 9.17) is 16.0 Å². The highest BCUT2D eigenvalue weighted by atomic mass is 35.5. The van der Waals surface area contributed by atoms with Crippen molar-refractivity contribution in [2.24, 2.45) is 0 Å². The van der Waals surface area contributed by atoms with Gasteiger partial charge in [0.2, 0.25) is 5.76 Å². The van der Waals surface area contributed by atoms with E-state index in [1.165, 1.54) is 5.69 Å². The Balaban J connectivity index is 1.26. The molecule has 1 aliphatic heterocycles. The molecule has 4 rings (SSSR count). The number of piperazine rings is 1. The molecule has 3 aromatic rings. The Labute approximate surface area is 200 Å². The lowest BCUT2D eigenvalue weighted by molar-refractivity contribution is 0.0922. The first-order valence-corrected chi connectivity index (χ1v) is 12.1. The number of carbonyl (C=O) groups is 1. The number of nitrogens with one attached hydrogen (secondary N) is 1. The number of anilines is 1. The minimum Gasteiger partial charge on any atom is -0.435 e. The summed E-state index contributed by atoms with van der Waals surface area (Å²) in [4.78, 5) is 22.2. The van der Waals surface area contributed by atoms with Crippen molar-refractivity contribution in [1.29, 1.82) is 0 Å². The van der Waals surface area contributed by atoms with Crippen LogP contribution in [0.3, 0.4) is 0 Å². The van der Waals surface area contributed by atoms with Crippen LogP contribution in [0.15, 0.2) is 59.0 Å². The third-order valence-corrected chi connectivity index (χ3v) is 6.11. The summed E-state index contributed by atoms with van der Waals surface area (Å²) in [6.07, 6.45) is 2.52. The molecule has 33 heavy (non-hydrogen) atoms. The van der Waals surface area contributed by atoms with Crippen LogP contribution in [0.25, 0.3) is 11.3 Å². The van der Waals surface area contributed by atoms with Crippen LogP contribution in [0.4, 0.5) is 5.69 Å². The van der Waals surface area contributed by atoms with Crippen molar-refractivity contribution < 1.29 is 9.21 Å². The molecule has 0 aliphatic carbocycles. The molecule has 174 valence electrons. The molecule has 1 fully saturated rings. The number of halogens is 1. The van der Waals surface area contributed by atoms with E-state index in [1.54, 1.807) is 0 Å². The minimum absolute atomic E-state index is 0.200. The van der Waals surface area contributed by atoms with Crippen LogP contribution in [0.1, 0.15) is 36.2 Å². The minimum atomic E-state index is -0.200. The van der Waals surface area contributed by atoms with Crippen molar-refractivity contribution in [3.63, 3.8) is 0 Å². The summed E-state index contributed by atoms with van der Waals surface area (Å²) in [6, 6.07) is 17.8. The zero-order valence-corrected chi connectivity index (χ0v) is 19.9. The SMILES string of the molecule is CCCc1nc(-c2ccccc2)c(C(=O)NCCCN2CCN(c3cccc(Cl)c3)CC2)o1. The van der Waals surface area contributed by atoms with Crippen molar-refractivity contribution >= 4 is 23.2 Å². The normalized spacial score (nSPS) is 14.4. The highest BCUT2D eigenvalue weighted by molar-refractivity contribution is 6.30. The summed E-state index contributed by atoms with van der Waals surface area (Å²) in [7, 11) is 0. The van der Waals surface area contributed by atoms with Crippen molar-refractivity contribution in [2.45, 2.75) is 26.2 Å². The number of nitrogens with zero attached hydrogens (tertiary/aromatic N) is 3. The maximum atomic E-state index is 12.9. The molecule has 2 heterocycles. The Morgan fingerprint density at radius 1 is 1.09 bits per heavy atom. The number of aryl methyl sites for hydroxylation is 1. The van der Waals surface area contributed by atoms with E-state index in [-0.39, 0.29) is 5.91 Å². The molecule has 0 spiro atoms. The smallest absolute Gasteiger partial charge is 0.289 e. The van der Waals surface area contributed by atoms with E-state index in [0.29, 0.717) is 30.3 Å². The molecule has 1 saturated heterocycles. The van der Waals surface area contributed by atoms with Crippen LogP contribution in [0.5, 0.6) is 0 Å². The number of carbonyl (C=O) groups excluding carboxylic acids is 1. The lowest BCUT2D eigenvalue weighted by Gasteiger charge is -2.36. The third kappa shape index (κ3) is 6.15. The van der Waals surface area contributed by atoms with Gasteiger partial charge in [-0.05, 0) is 37.6 Å². The van der Waals surface area contributed by atoms with Gasteiger partial charge in [-0.15, -0.1) is 0 Å². The van der Waals surface area contributed by atoms with Crippen LogP contribution in [0.2, 0.25) is 5.02 Å². The molecule has 6 nitrogen and oxygen atoms in total. The highest BCUT2D eigenvalue weighted by Gasteiger charge is 2.21. The summed E-state index contributed by atoms with van der Waals surface area (Å²) in [6.45, 7) is 7.58. The van der Waals surface area contributed by atoms with Gasteiger partial charge in [0, 0.05) is 55.4 Å². The lowest BCUT2D eigenvalue weighted by Crippen LogP contribution is -2.47. The van der Waals surface area contributed by atoms with Crippen LogP contribution in [0, 0.1) is 0 Å². The fourth-order valence-corrected chi connectivity index (χ4v) is 4.30. The first-order chi connectivity index (χ1) is 16.1. The average Bonchev–Trinajstić information content (AvgIpc) is 3.27. The van der Waals surface area contributed by atoms with Crippen LogP contribution in [-0.4, -0.2) is 55.1 Å². The monoisotopic (exact) mass is 466 g/mol. The largest absolute Gasteiger partial charge is 0.435 e. The Morgan fingerprint density at radius 2 is 1.88 bits per heavy atom. The number of hydrogen-bond acceptors (Lipinski definition) is 5. The van der Waals surface area contributed by atoms with E-state index in [2.05, 4.69) is 33.1 Å². The molecule has 1 N–H and O–H groups in total. The maximum Gasteiger partial charge on any atom is 0.289 e. The zero-order valence-electron chi connectivity index (χ0n) is 19.1. The number of rotatable bonds is 9. The van der Waals surface area contributed by atoms with Gasteiger partial charge in [-0.25, -0.2) is 4.98 Å². The summed E-state index contributed by atoms with van der Waals surface area (Å²) in [5.41, 5.74) is 2.69. The van der Waals surface area contributed by atoms with E-state index in [1.807, 2.05) is 48.5 Å². The van der Waals surface area contributed by atoms with Gasteiger partial charge < -0.3 is 14.6 Å². The second-order valence-electron chi connectivity index (χ2n) is 8.32. The van der Waals surface area contributed by atoms with Gasteiger partial charge >= 0.3 is 0 Å². The average molecular weight is 467 g/mol. The molecule has 7 heteroatoms. The van der Waals surface area contributed by atoms with E-state index in [0.717, 1.165) is 56.2 Å². The molecule has 0 atom stereocenters. The van der Waals surface area contributed by atoms with Crippen LogP contribution in [-0.2, 0) is 6.42 Å². The molecular formula is C26H31ClN4O2. The Bertz CT molecular complexity index is 1050. The number of benzene rings is 2. The maximum absolute atomic E-state index is 12.9. The van der Waals surface area contributed by atoms with E-state index in [9.17, 15) is 4.79 Å². The zero-order chi connectivity index (χ0) is 23.0. The topological polar surface area (TPSA) is 61.6 Å². The van der Waals surface area contributed by atoms with Gasteiger partial charge in [0.15, 0.2) is 5.89 Å². The predicted molar refractivity (Wildman–Crippen MR) is 133 cm³/mol. The van der Waals surface area contributed by atoms with Gasteiger partial charge in [0.1, 0.15) is 5.69 Å². The predicted octanol–water partition coefficient (Wildman–Crippen LogP) is 4.89. The first-order valence-electron chi connectivity index (χ1n) is 11.7. The lowest BCUT2D eigenvalue weighted by atomic mass is 10.1. The number of amides is 1.